The van der Waals surface area contributed by atoms with E-state index in [0.717, 1.165) is 11.6 Å². The second-order valence-corrected chi connectivity index (χ2v) is 4.78. The minimum absolute atomic E-state index is 0.448. The number of para-hydroxylation sites is 1. The number of rotatable bonds is 5. The number of aromatic nitrogens is 2. The molecule has 3 nitrogen and oxygen atoms in total. The average molecular weight is 243 g/mol. The van der Waals surface area contributed by atoms with Crippen LogP contribution < -0.4 is 5.32 Å². The summed E-state index contributed by atoms with van der Waals surface area (Å²) in [7, 11) is 0. The number of hydrogen-bond donors (Lipinski definition) is 1. The van der Waals surface area contributed by atoms with E-state index < -0.39 is 0 Å². The standard InChI is InChI=1S/C15H21N3/c1-4-12(2)13(3)18-11-10-16-15(18)17-14-8-6-5-7-9-14/h5-13H,4H2,1-3H3,(H,16,17). The van der Waals surface area contributed by atoms with E-state index in [0.29, 0.717) is 12.0 Å². The van der Waals surface area contributed by atoms with Crippen molar-refractivity contribution in [3.05, 3.63) is 42.7 Å². The SMILES string of the molecule is CCC(C)C(C)n1ccnc1Nc1ccccc1. The lowest BCUT2D eigenvalue weighted by molar-refractivity contribution is 0.373. The van der Waals surface area contributed by atoms with Crippen LogP contribution in [0.3, 0.4) is 0 Å². The maximum absolute atomic E-state index is 4.40. The number of benzene rings is 1. The average Bonchev–Trinajstić information content (AvgIpc) is 2.86. The molecule has 0 aliphatic carbocycles. The summed E-state index contributed by atoms with van der Waals surface area (Å²) in [6.45, 7) is 6.74. The Morgan fingerprint density at radius 1 is 1.22 bits per heavy atom. The molecule has 18 heavy (non-hydrogen) atoms. The van der Waals surface area contributed by atoms with Crippen LogP contribution in [0.1, 0.15) is 33.2 Å². The number of anilines is 2. The largest absolute Gasteiger partial charge is 0.326 e. The maximum Gasteiger partial charge on any atom is 0.207 e. The van der Waals surface area contributed by atoms with Gasteiger partial charge < -0.3 is 9.88 Å². The van der Waals surface area contributed by atoms with Gasteiger partial charge in [0, 0.05) is 24.1 Å². The first-order valence-corrected chi connectivity index (χ1v) is 6.57. The lowest BCUT2D eigenvalue weighted by Crippen LogP contribution is -2.14. The molecule has 0 aliphatic rings. The summed E-state index contributed by atoms with van der Waals surface area (Å²) in [4.78, 5) is 4.40. The summed E-state index contributed by atoms with van der Waals surface area (Å²) in [6, 6.07) is 10.6. The molecule has 3 heteroatoms. The van der Waals surface area contributed by atoms with Crippen LogP contribution in [-0.4, -0.2) is 9.55 Å². The van der Waals surface area contributed by atoms with Crippen molar-refractivity contribution >= 4 is 11.6 Å². The van der Waals surface area contributed by atoms with E-state index in [2.05, 4.69) is 35.6 Å². The van der Waals surface area contributed by atoms with E-state index in [1.165, 1.54) is 6.42 Å². The maximum atomic E-state index is 4.40. The fraction of sp³-hybridized carbons (Fsp3) is 0.400. The minimum atomic E-state index is 0.448. The summed E-state index contributed by atoms with van der Waals surface area (Å²) in [5.41, 5.74) is 1.07. The first-order valence-electron chi connectivity index (χ1n) is 6.57. The normalized spacial score (nSPS) is 14.2. The summed E-state index contributed by atoms with van der Waals surface area (Å²) >= 11 is 0. The van der Waals surface area contributed by atoms with E-state index in [1.807, 2.05) is 42.7 Å². The van der Waals surface area contributed by atoms with Crippen molar-refractivity contribution in [2.24, 2.45) is 5.92 Å². The zero-order valence-electron chi connectivity index (χ0n) is 11.3. The molecule has 1 aromatic carbocycles. The molecule has 0 saturated heterocycles. The van der Waals surface area contributed by atoms with Gasteiger partial charge in [0.1, 0.15) is 0 Å². The van der Waals surface area contributed by atoms with Gasteiger partial charge in [0.05, 0.1) is 0 Å². The van der Waals surface area contributed by atoms with Gasteiger partial charge in [0.2, 0.25) is 5.95 Å². The van der Waals surface area contributed by atoms with Crippen LogP contribution in [-0.2, 0) is 0 Å². The Balaban J connectivity index is 2.18. The molecule has 96 valence electrons. The molecule has 0 fully saturated rings. The highest BCUT2D eigenvalue weighted by molar-refractivity contribution is 5.53. The summed E-state index contributed by atoms with van der Waals surface area (Å²) < 4.78 is 2.21. The Morgan fingerprint density at radius 3 is 2.61 bits per heavy atom. The molecule has 1 N–H and O–H groups in total. The molecule has 1 aromatic heterocycles. The number of hydrogen-bond acceptors (Lipinski definition) is 2. The van der Waals surface area contributed by atoms with Crippen LogP contribution in [0.4, 0.5) is 11.6 Å². The zero-order valence-corrected chi connectivity index (χ0v) is 11.3. The second-order valence-electron chi connectivity index (χ2n) is 4.78. The smallest absolute Gasteiger partial charge is 0.207 e. The molecule has 2 unspecified atom stereocenters. The van der Waals surface area contributed by atoms with E-state index in [-0.39, 0.29) is 0 Å². The van der Waals surface area contributed by atoms with Gasteiger partial charge in [-0.15, -0.1) is 0 Å². The Bertz CT molecular complexity index is 475. The molecule has 0 bridgehead atoms. The number of nitrogens with zero attached hydrogens (tertiary/aromatic N) is 2. The Kier molecular flexibility index (Phi) is 4.03. The van der Waals surface area contributed by atoms with E-state index in [9.17, 15) is 0 Å². The molecule has 0 amide bonds. The van der Waals surface area contributed by atoms with Crippen LogP contribution in [0.2, 0.25) is 0 Å². The topological polar surface area (TPSA) is 29.9 Å². The predicted octanol–water partition coefficient (Wildman–Crippen LogP) is 4.23. The van der Waals surface area contributed by atoms with Crippen molar-refractivity contribution in [3.8, 4) is 0 Å². The highest BCUT2D eigenvalue weighted by atomic mass is 15.2. The van der Waals surface area contributed by atoms with Crippen molar-refractivity contribution in [1.82, 2.24) is 9.55 Å². The van der Waals surface area contributed by atoms with E-state index in [4.69, 9.17) is 0 Å². The van der Waals surface area contributed by atoms with Crippen molar-refractivity contribution in [2.75, 3.05) is 5.32 Å². The van der Waals surface area contributed by atoms with Crippen molar-refractivity contribution in [2.45, 2.75) is 33.2 Å². The molecule has 1 heterocycles. The van der Waals surface area contributed by atoms with E-state index in [1.54, 1.807) is 0 Å². The zero-order chi connectivity index (χ0) is 13.0. The molecule has 0 aliphatic heterocycles. The number of nitrogens with one attached hydrogen (secondary N) is 1. The third-order valence-electron chi connectivity index (χ3n) is 3.60. The molecule has 2 aromatic rings. The van der Waals surface area contributed by atoms with Crippen molar-refractivity contribution in [1.29, 1.82) is 0 Å². The Morgan fingerprint density at radius 2 is 1.94 bits per heavy atom. The first-order chi connectivity index (χ1) is 8.72. The van der Waals surface area contributed by atoms with Crippen LogP contribution in [0, 0.1) is 5.92 Å². The van der Waals surface area contributed by atoms with E-state index >= 15 is 0 Å². The third-order valence-corrected chi connectivity index (χ3v) is 3.60. The molecule has 2 rings (SSSR count). The predicted molar refractivity (Wildman–Crippen MR) is 76.1 cm³/mol. The Labute approximate surface area is 109 Å². The molecule has 0 saturated carbocycles. The monoisotopic (exact) mass is 243 g/mol. The first kappa shape index (κ1) is 12.7. The van der Waals surface area contributed by atoms with Gasteiger partial charge in [0.15, 0.2) is 0 Å². The summed E-state index contributed by atoms with van der Waals surface area (Å²) in [5.74, 6) is 1.55. The Hall–Kier alpha value is -1.77. The molecular weight excluding hydrogens is 222 g/mol. The summed E-state index contributed by atoms with van der Waals surface area (Å²) in [6.07, 6.45) is 5.07. The van der Waals surface area contributed by atoms with Crippen LogP contribution in [0.5, 0.6) is 0 Å². The van der Waals surface area contributed by atoms with Gasteiger partial charge in [0.25, 0.3) is 0 Å². The number of imidazole rings is 1. The summed E-state index contributed by atoms with van der Waals surface area (Å²) in [5, 5.41) is 3.36. The minimum Gasteiger partial charge on any atom is -0.326 e. The van der Waals surface area contributed by atoms with Crippen molar-refractivity contribution < 1.29 is 0 Å². The molecule has 2 atom stereocenters. The van der Waals surface area contributed by atoms with Gasteiger partial charge >= 0.3 is 0 Å². The molecule has 0 radical (unpaired) electrons. The van der Waals surface area contributed by atoms with Gasteiger partial charge in [-0.2, -0.15) is 0 Å². The quantitative estimate of drug-likeness (QED) is 0.851. The van der Waals surface area contributed by atoms with Crippen LogP contribution in [0.15, 0.2) is 42.7 Å². The van der Waals surface area contributed by atoms with Gasteiger partial charge in [-0.3, -0.25) is 0 Å². The lowest BCUT2D eigenvalue weighted by Gasteiger charge is -2.22. The fourth-order valence-electron chi connectivity index (χ4n) is 2.00. The van der Waals surface area contributed by atoms with Gasteiger partial charge in [-0.25, -0.2) is 4.98 Å². The van der Waals surface area contributed by atoms with Crippen LogP contribution in [0.25, 0.3) is 0 Å². The highest BCUT2D eigenvalue weighted by Gasteiger charge is 2.15. The third kappa shape index (κ3) is 2.73. The van der Waals surface area contributed by atoms with Gasteiger partial charge in [-0.05, 0) is 25.0 Å². The lowest BCUT2D eigenvalue weighted by atomic mass is 10.0. The van der Waals surface area contributed by atoms with Crippen LogP contribution >= 0.6 is 0 Å². The molecular formula is C15H21N3. The van der Waals surface area contributed by atoms with Crippen molar-refractivity contribution in [3.63, 3.8) is 0 Å². The molecule has 0 spiro atoms. The van der Waals surface area contributed by atoms with Gasteiger partial charge in [-0.1, -0.05) is 38.5 Å². The second kappa shape index (κ2) is 5.71. The fourth-order valence-corrected chi connectivity index (χ4v) is 2.00. The highest BCUT2D eigenvalue weighted by Crippen LogP contribution is 2.25.